The van der Waals surface area contributed by atoms with Crippen molar-refractivity contribution in [1.29, 1.82) is 0 Å². The minimum atomic E-state index is -1.06. The molecule has 7 heteroatoms. The van der Waals surface area contributed by atoms with Crippen LogP contribution in [0.25, 0.3) is 5.57 Å². The topological polar surface area (TPSA) is 90.4 Å². The van der Waals surface area contributed by atoms with E-state index in [0.29, 0.717) is 19.4 Å². The molecule has 2 aromatic rings. The van der Waals surface area contributed by atoms with Crippen LogP contribution in [0, 0.1) is 0 Å². The van der Waals surface area contributed by atoms with Gasteiger partial charge in [0.15, 0.2) is 6.10 Å². The normalized spacial score (nSPS) is 13.0. The molecule has 1 atom stereocenters. The Bertz CT molecular complexity index is 671. The second-order valence-corrected chi connectivity index (χ2v) is 5.93. The maximum atomic E-state index is 10.9. The molecule has 2 rings (SSSR count). The lowest BCUT2D eigenvalue weighted by atomic mass is 10.0. The highest BCUT2D eigenvalue weighted by Crippen LogP contribution is 2.22. The number of allylic oxidation sites excluding steroid dienone is 2. The van der Waals surface area contributed by atoms with E-state index in [-0.39, 0.29) is 0 Å². The van der Waals surface area contributed by atoms with Crippen molar-refractivity contribution >= 4 is 27.5 Å². The molecule has 6 nitrogen and oxygen atoms in total. The van der Waals surface area contributed by atoms with Crippen molar-refractivity contribution in [1.82, 2.24) is 9.55 Å². The minimum absolute atomic E-state index is 0.313. The number of benzene rings is 1. The first-order valence-corrected chi connectivity index (χ1v) is 7.88. The van der Waals surface area contributed by atoms with Gasteiger partial charge in [-0.25, -0.2) is 15.7 Å². The maximum absolute atomic E-state index is 10.9. The summed E-state index contributed by atoms with van der Waals surface area (Å²) >= 11 is 3.47. The van der Waals surface area contributed by atoms with E-state index in [0.717, 1.165) is 15.6 Å². The van der Waals surface area contributed by atoms with Gasteiger partial charge in [0.2, 0.25) is 0 Å². The van der Waals surface area contributed by atoms with Crippen LogP contribution in [0.1, 0.15) is 18.4 Å². The molecular formula is C16H18BrN3O3. The van der Waals surface area contributed by atoms with Crippen molar-refractivity contribution in [2.45, 2.75) is 25.5 Å². The zero-order chi connectivity index (χ0) is 16.7. The van der Waals surface area contributed by atoms with Gasteiger partial charge in [-0.2, -0.15) is 0 Å². The highest BCUT2D eigenvalue weighted by Gasteiger charge is 2.16. The van der Waals surface area contributed by atoms with Gasteiger partial charge in [-0.1, -0.05) is 34.1 Å². The molecule has 1 unspecified atom stereocenters. The third-order valence-electron chi connectivity index (χ3n) is 3.37. The van der Waals surface area contributed by atoms with Gasteiger partial charge in [0.1, 0.15) is 0 Å². The quantitative estimate of drug-likeness (QED) is 0.688. The number of hydrogen-bond acceptors (Lipinski definition) is 4. The van der Waals surface area contributed by atoms with E-state index in [1.807, 2.05) is 41.1 Å². The molecule has 0 bridgehead atoms. The van der Waals surface area contributed by atoms with E-state index in [9.17, 15) is 4.79 Å². The van der Waals surface area contributed by atoms with Gasteiger partial charge >= 0.3 is 5.97 Å². The Morgan fingerprint density at radius 2 is 2.35 bits per heavy atom. The molecule has 0 amide bonds. The summed E-state index contributed by atoms with van der Waals surface area (Å²) in [6.45, 7) is 0.650. The van der Waals surface area contributed by atoms with Crippen LogP contribution in [0.2, 0.25) is 0 Å². The molecule has 0 saturated carbocycles. The number of aliphatic carboxylic acids is 1. The lowest BCUT2D eigenvalue weighted by Crippen LogP contribution is -2.26. The Labute approximate surface area is 142 Å². The highest BCUT2D eigenvalue weighted by atomic mass is 79.9. The second-order valence-electron chi connectivity index (χ2n) is 5.02. The zero-order valence-corrected chi connectivity index (χ0v) is 14.0. The number of carbonyl (C=O) groups is 1. The van der Waals surface area contributed by atoms with Crippen LogP contribution in [0.4, 0.5) is 0 Å². The number of nitrogens with zero attached hydrogens (tertiary/aromatic N) is 2. The molecule has 1 heterocycles. The number of hydrogen-bond donors (Lipinski definition) is 2. The third-order valence-corrected chi connectivity index (χ3v) is 3.86. The molecule has 0 saturated heterocycles. The number of rotatable bonds is 8. The third kappa shape index (κ3) is 5.31. The lowest BCUT2D eigenvalue weighted by Gasteiger charge is -2.11. The number of aromatic nitrogens is 2. The summed E-state index contributed by atoms with van der Waals surface area (Å²) in [7, 11) is 0. The first-order chi connectivity index (χ1) is 11.1. The van der Waals surface area contributed by atoms with E-state index in [2.05, 4.69) is 25.8 Å². The van der Waals surface area contributed by atoms with E-state index in [4.69, 9.17) is 11.0 Å². The molecule has 0 fully saturated rings. The van der Waals surface area contributed by atoms with Gasteiger partial charge in [-0.3, -0.25) is 4.84 Å². The summed E-state index contributed by atoms with van der Waals surface area (Å²) in [5.41, 5.74) is 2.14. The van der Waals surface area contributed by atoms with Crippen LogP contribution in [0.5, 0.6) is 0 Å². The fraction of sp³-hybridized carbons (Fsp3) is 0.250. The molecule has 1 aromatic carbocycles. The van der Waals surface area contributed by atoms with E-state index >= 15 is 0 Å². The second kappa shape index (κ2) is 8.61. The summed E-state index contributed by atoms with van der Waals surface area (Å²) in [4.78, 5) is 19.4. The molecule has 23 heavy (non-hydrogen) atoms. The Kier molecular flexibility index (Phi) is 6.52. The van der Waals surface area contributed by atoms with Crippen molar-refractivity contribution in [3.63, 3.8) is 0 Å². The Morgan fingerprint density at radius 3 is 2.96 bits per heavy atom. The predicted molar refractivity (Wildman–Crippen MR) is 90.3 cm³/mol. The van der Waals surface area contributed by atoms with Gasteiger partial charge in [0.25, 0.3) is 0 Å². The summed E-state index contributed by atoms with van der Waals surface area (Å²) in [6.07, 6.45) is 7.22. The fourth-order valence-electron chi connectivity index (χ4n) is 2.20. The first kappa shape index (κ1) is 17.4. The maximum Gasteiger partial charge on any atom is 0.334 e. The summed E-state index contributed by atoms with van der Waals surface area (Å²) in [5, 5.41) is 8.96. The van der Waals surface area contributed by atoms with Crippen molar-refractivity contribution < 1.29 is 14.7 Å². The van der Waals surface area contributed by atoms with Gasteiger partial charge < -0.3 is 9.67 Å². The van der Waals surface area contributed by atoms with E-state index in [1.54, 1.807) is 12.5 Å². The van der Waals surface area contributed by atoms with Crippen LogP contribution in [-0.4, -0.2) is 26.7 Å². The molecule has 0 aliphatic rings. The minimum Gasteiger partial charge on any atom is -0.479 e. The van der Waals surface area contributed by atoms with Crippen LogP contribution in [0.15, 0.2) is 53.5 Å². The molecule has 0 spiro atoms. The van der Waals surface area contributed by atoms with Gasteiger partial charge in [-0.05, 0) is 36.1 Å². The molecule has 122 valence electrons. The standard InChI is InChI=1S/C16H18BrN3O3/c17-14-5-1-3-12(9-14)13(10-20-8-7-19-11-20)4-2-6-15(23-18)16(21)22/h1,3-5,7-9,11,15H,2,6,10,18H2,(H,21,22). The van der Waals surface area contributed by atoms with Crippen LogP contribution >= 0.6 is 15.9 Å². The van der Waals surface area contributed by atoms with Crippen LogP contribution < -0.4 is 5.90 Å². The molecule has 1 aromatic heterocycles. The van der Waals surface area contributed by atoms with Crippen molar-refractivity contribution in [2.75, 3.05) is 0 Å². The average Bonchev–Trinajstić information content (AvgIpc) is 3.03. The molecule has 0 radical (unpaired) electrons. The summed E-state index contributed by atoms with van der Waals surface area (Å²) < 4.78 is 2.95. The first-order valence-electron chi connectivity index (χ1n) is 7.09. The van der Waals surface area contributed by atoms with Gasteiger partial charge in [-0.15, -0.1) is 0 Å². The summed E-state index contributed by atoms with van der Waals surface area (Å²) in [6, 6.07) is 7.96. The molecule has 0 aliphatic heterocycles. The molecule has 3 N–H and O–H groups in total. The fourth-order valence-corrected chi connectivity index (χ4v) is 2.60. The summed E-state index contributed by atoms with van der Waals surface area (Å²) in [5.74, 6) is 3.96. The SMILES string of the molecule is NOC(CCC=C(Cn1ccnc1)c1cccc(Br)c1)C(=O)O. The number of imidazole rings is 1. The number of carboxylic acids is 1. The molecule has 0 aliphatic carbocycles. The number of nitrogens with two attached hydrogens (primary N) is 1. The number of carboxylic acid groups (broad SMARTS) is 1. The zero-order valence-electron chi connectivity index (χ0n) is 12.4. The number of halogens is 1. The average molecular weight is 380 g/mol. The Morgan fingerprint density at radius 1 is 1.52 bits per heavy atom. The van der Waals surface area contributed by atoms with Crippen molar-refractivity contribution in [2.24, 2.45) is 5.90 Å². The van der Waals surface area contributed by atoms with E-state index in [1.165, 1.54) is 0 Å². The van der Waals surface area contributed by atoms with Gasteiger partial charge in [0.05, 0.1) is 6.33 Å². The Hall–Kier alpha value is -1.96. The van der Waals surface area contributed by atoms with Gasteiger partial charge in [0, 0.05) is 23.4 Å². The largest absolute Gasteiger partial charge is 0.479 e. The monoisotopic (exact) mass is 379 g/mol. The smallest absolute Gasteiger partial charge is 0.334 e. The van der Waals surface area contributed by atoms with E-state index < -0.39 is 12.1 Å². The van der Waals surface area contributed by atoms with Crippen molar-refractivity contribution in [3.8, 4) is 0 Å². The predicted octanol–water partition coefficient (Wildman–Crippen LogP) is 2.85. The van der Waals surface area contributed by atoms with Crippen LogP contribution in [-0.2, 0) is 16.2 Å². The molecular weight excluding hydrogens is 362 g/mol. The van der Waals surface area contributed by atoms with Crippen molar-refractivity contribution in [3.05, 3.63) is 59.1 Å². The highest BCUT2D eigenvalue weighted by molar-refractivity contribution is 9.10. The Balaban J connectivity index is 2.15. The van der Waals surface area contributed by atoms with Crippen LogP contribution in [0.3, 0.4) is 0 Å². The lowest BCUT2D eigenvalue weighted by molar-refractivity contribution is -0.151.